The van der Waals surface area contributed by atoms with E-state index in [1.807, 2.05) is 17.1 Å². The van der Waals surface area contributed by atoms with Gasteiger partial charge < -0.3 is 14.5 Å². The Morgan fingerprint density at radius 1 is 1.21 bits per heavy atom. The molecule has 0 unspecified atom stereocenters. The summed E-state index contributed by atoms with van der Waals surface area (Å²) in [4.78, 5) is 4.22. The van der Waals surface area contributed by atoms with Gasteiger partial charge in [0.15, 0.2) is 5.82 Å². The average Bonchev–Trinajstić information content (AvgIpc) is 2.95. The minimum absolute atomic E-state index is 0.0958. The molecule has 0 fully saturated rings. The van der Waals surface area contributed by atoms with Crippen molar-refractivity contribution in [1.29, 1.82) is 0 Å². The van der Waals surface area contributed by atoms with Gasteiger partial charge in [0, 0.05) is 24.8 Å². The van der Waals surface area contributed by atoms with E-state index < -0.39 is 0 Å². The van der Waals surface area contributed by atoms with Crippen molar-refractivity contribution in [2.75, 3.05) is 0 Å². The van der Waals surface area contributed by atoms with Gasteiger partial charge in [0.1, 0.15) is 6.33 Å². The van der Waals surface area contributed by atoms with Crippen LogP contribution in [0.5, 0.6) is 0 Å². The van der Waals surface area contributed by atoms with Gasteiger partial charge in [-0.3, -0.25) is 0 Å². The number of aromatic nitrogens is 5. The lowest BCUT2D eigenvalue weighted by Crippen LogP contribution is -2.35. The first kappa shape index (κ1) is 13.7. The predicted molar refractivity (Wildman–Crippen MR) is 73.6 cm³/mol. The van der Waals surface area contributed by atoms with E-state index in [4.69, 9.17) is 0 Å². The highest BCUT2D eigenvalue weighted by molar-refractivity contribution is 5.02. The summed E-state index contributed by atoms with van der Waals surface area (Å²) in [6, 6.07) is 0. The Kier molecular flexibility index (Phi) is 3.99. The maximum atomic E-state index is 4.22. The summed E-state index contributed by atoms with van der Waals surface area (Å²) in [7, 11) is 0. The summed E-state index contributed by atoms with van der Waals surface area (Å²) < 4.78 is 4.15. The van der Waals surface area contributed by atoms with E-state index in [2.05, 4.69) is 52.8 Å². The molecule has 0 bridgehead atoms. The van der Waals surface area contributed by atoms with Gasteiger partial charge in [-0.25, -0.2) is 4.98 Å². The Labute approximate surface area is 113 Å². The minimum Gasteiger partial charge on any atom is -0.326 e. The van der Waals surface area contributed by atoms with Gasteiger partial charge in [0.2, 0.25) is 0 Å². The molecular weight excluding hydrogens is 240 g/mol. The topological polar surface area (TPSA) is 60.6 Å². The van der Waals surface area contributed by atoms with Crippen LogP contribution >= 0.6 is 0 Å². The number of hydrogen-bond acceptors (Lipinski definition) is 4. The second-order valence-electron chi connectivity index (χ2n) is 5.65. The molecule has 0 amide bonds. The van der Waals surface area contributed by atoms with E-state index in [1.165, 1.54) is 0 Å². The van der Waals surface area contributed by atoms with Crippen molar-refractivity contribution in [2.24, 2.45) is 0 Å². The van der Waals surface area contributed by atoms with Crippen molar-refractivity contribution in [2.45, 2.75) is 52.9 Å². The molecule has 6 nitrogen and oxygen atoms in total. The summed E-state index contributed by atoms with van der Waals surface area (Å²) in [5.41, 5.74) is 1.25. The van der Waals surface area contributed by atoms with Crippen LogP contribution in [0, 0.1) is 0 Å². The number of nitrogens with one attached hydrogen (secondary N) is 1. The molecule has 19 heavy (non-hydrogen) atoms. The molecule has 0 aliphatic carbocycles. The summed E-state index contributed by atoms with van der Waals surface area (Å²) >= 11 is 0. The highest BCUT2D eigenvalue weighted by atomic mass is 15.3. The molecule has 0 spiro atoms. The van der Waals surface area contributed by atoms with Gasteiger partial charge in [-0.1, -0.05) is 0 Å². The molecule has 0 radical (unpaired) electrons. The van der Waals surface area contributed by atoms with Gasteiger partial charge in [-0.2, -0.15) is 0 Å². The third-order valence-corrected chi connectivity index (χ3v) is 2.95. The molecule has 1 N–H and O–H groups in total. The van der Waals surface area contributed by atoms with Gasteiger partial charge >= 0.3 is 0 Å². The standard InChI is InChI=1S/C13H22N6/c1-5-18-10-16-17-12(18)8-19-9-14-6-11(19)7-15-13(2,3)4/h6,9-10,15H,5,7-8H2,1-4H3. The molecule has 0 atom stereocenters. The molecule has 6 heteroatoms. The molecule has 0 aliphatic rings. The van der Waals surface area contributed by atoms with E-state index >= 15 is 0 Å². The van der Waals surface area contributed by atoms with Gasteiger partial charge in [0.05, 0.1) is 18.6 Å². The van der Waals surface area contributed by atoms with E-state index in [9.17, 15) is 0 Å². The molecule has 0 aromatic carbocycles. The molecule has 0 saturated heterocycles. The van der Waals surface area contributed by atoms with Crippen molar-refractivity contribution in [1.82, 2.24) is 29.6 Å². The van der Waals surface area contributed by atoms with Crippen LogP contribution in [-0.2, 0) is 19.6 Å². The van der Waals surface area contributed by atoms with Crippen molar-refractivity contribution >= 4 is 0 Å². The summed E-state index contributed by atoms with van der Waals surface area (Å²) in [5, 5.41) is 11.6. The predicted octanol–water partition coefficient (Wildman–Crippen LogP) is 1.43. The molecule has 0 saturated carbocycles. The van der Waals surface area contributed by atoms with Crippen molar-refractivity contribution < 1.29 is 0 Å². The Morgan fingerprint density at radius 3 is 2.68 bits per heavy atom. The first-order valence-electron chi connectivity index (χ1n) is 6.60. The Morgan fingerprint density at radius 2 is 2.00 bits per heavy atom. The zero-order valence-corrected chi connectivity index (χ0v) is 12.1. The summed E-state index contributed by atoms with van der Waals surface area (Å²) in [6.07, 6.45) is 5.50. The van der Waals surface area contributed by atoms with Crippen LogP contribution in [-0.4, -0.2) is 29.9 Å². The number of imidazole rings is 1. The highest BCUT2D eigenvalue weighted by Crippen LogP contribution is 2.07. The molecular formula is C13H22N6. The molecule has 2 rings (SSSR count). The lowest BCUT2D eigenvalue weighted by atomic mass is 10.1. The second kappa shape index (κ2) is 5.52. The van der Waals surface area contributed by atoms with Crippen LogP contribution in [0.25, 0.3) is 0 Å². The van der Waals surface area contributed by atoms with E-state index in [-0.39, 0.29) is 5.54 Å². The van der Waals surface area contributed by atoms with Gasteiger partial charge in [-0.05, 0) is 27.7 Å². The van der Waals surface area contributed by atoms with E-state index in [1.54, 1.807) is 6.33 Å². The Hall–Kier alpha value is -1.69. The lowest BCUT2D eigenvalue weighted by Gasteiger charge is -2.20. The first-order valence-corrected chi connectivity index (χ1v) is 6.60. The van der Waals surface area contributed by atoms with E-state index in [0.29, 0.717) is 6.54 Å². The maximum absolute atomic E-state index is 4.22. The van der Waals surface area contributed by atoms with Crippen molar-refractivity contribution in [3.8, 4) is 0 Å². The molecule has 104 valence electrons. The van der Waals surface area contributed by atoms with Crippen LogP contribution in [0.1, 0.15) is 39.2 Å². The maximum Gasteiger partial charge on any atom is 0.152 e. The molecule has 2 aromatic heterocycles. The average molecular weight is 262 g/mol. The number of nitrogens with zero attached hydrogens (tertiary/aromatic N) is 5. The lowest BCUT2D eigenvalue weighted by molar-refractivity contribution is 0.416. The fourth-order valence-electron chi connectivity index (χ4n) is 1.81. The summed E-state index contributed by atoms with van der Waals surface area (Å²) in [5.74, 6) is 0.956. The quantitative estimate of drug-likeness (QED) is 0.885. The van der Waals surface area contributed by atoms with E-state index in [0.717, 1.165) is 24.6 Å². The van der Waals surface area contributed by atoms with Gasteiger partial charge in [0.25, 0.3) is 0 Å². The fourth-order valence-corrected chi connectivity index (χ4v) is 1.81. The monoisotopic (exact) mass is 262 g/mol. The second-order valence-corrected chi connectivity index (χ2v) is 5.65. The fraction of sp³-hybridized carbons (Fsp3) is 0.615. The molecule has 0 aliphatic heterocycles. The zero-order chi connectivity index (χ0) is 13.9. The van der Waals surface area contributed by atoms with Crippen LogP contribution in [0.3, 0.4) is 0 Å². The Balaban J connectivity index is 2.07. The highest BCUT2D eigenvalue weighted by Gasteiger charge is 2.12. The first-order chi connectivity index (χ1) is 8.99. The van der Waals surface area contributed by atoms with Crippen molar-refractivity contribution in [3.05, 3.63) is 30.4 Å². The smallest absolute Gasteiger partial charge is 0.152 e. The van der Waals surface area contributed by atoms with Gasteiger partial charge in [-0.15, -0.1) is 10.2 Å². The van der Waals surface area contributed by atoms with Crippen molar-refractivity contribution in [3.63, 3.8) is 0 Å². The minimum atomic E-state index is 0.0958. The molecule has 2 heterocycles. The Bertz CT molecular complexity index is 519. The SMILES string of the molecule is CCn1cnnc1Cn1cncc1CNC(C)(C)C. The van der Waals surface area contributed by atoms with Crippen LogP contribution in [0.4, 0.5) is 0 Å². The van der Waals surface area contributed by atoms with Crippen LogP contribution < -0.4 is 5.32 Å². The zero-order valence-electron chi connectivity index (χ0n) is 12.1. The summed E-state index contributed by atoms with van der Waals surface area (Å²) in [6.45, 7) is 10.9. The normalized spacial score (nSPS) is 12.0. The molecule has 2 aromatic rings. The number of aryl methyl sites for hydroxylation is 1. The van der Waals surface area contributed by atoms with Crippen LogP contribution in [0.15, 0.2) is 18.9 Å². The van der Waals surface area contributed by atoms with Crippen LogP contribution in [0.2, 0.25) is 0 Å². The third kappa shape index (κ3) is 3.64. The number of rotatable bonds is 5. The largest absolute Gasteiger partial charge is 0.326 e. The number of hydrogen-bond donors (Lipinski definition) is 1. The third-order valence-electron chi connectivity index (χ3n) is 2.95.